The van der Waals surface area contributed by atoms with Crippen molar-refractivity contribution in [3.05, 3.63) is 0 Å². The fourth-order valence-electron chi connectivity index (χ4n) is 0.215. The van der Waals surface area contributed by atoms with Gasteiger partial charge < -0.3 is 5.11 Å². The van der Waals surface area contributed by atoms with Crippen LogP contribution >= 0.6 is 0 Å². The van der Waals surface area contributed by atoms with Crippen molar-refractivity contribution in [3.63, 3.8) is 0 Å². The van der Waals surface area contributed by atoms with Gasteiger partial charge in [0.1, 0.15) is 0 Å². The van der Waals surface area contributed by atoms with E-state index >= 15 is 0 Å². The third-order valence-corrected chi connectivity index (χ3v) is 0.665. The van der Waals surface area contributed by atoms with Crippen molar-refractivity contribution in [3.8, 4) is 0 Å². The Hall–Kier alpha value is -0.570. The van der Waals surface area contributed by atoms with Gasteiger partial charge in [0.2, 0.25) is 0 Å². The van der Waals surface area contributed by atoms with Gasteiger partial charge in [0.05, 0.1) is 13.2 Å². The van der Waals surface area contributed by atoms with Crippen molar-refractivity contribution < 1.29 is 5.11 Å². The number of aliphatic hydroxyl groups excluding tert-OH is 1. The standard InChI is InChI=1S/C4H10N2O/c1-5-6(2)3-4-7/h7H,1,3-4H2,2H3. The summed E-state index contributed by atoms with van der Waals surface area (Å²) in [6.45, 7) is 3.94. The van der Waals surface area contributed by atoms with Gasteiger partial charge >= 0.3 is 0 Å². The SMILES string of the molecule is C=NN(C)CCO. The van der Waals surface area contributed by atoms with Gasteiger partial charge in [-0.2, -0.15) is 5.10 Å². The summed E-state index contributed by atoms with van der Waals surface area (Å²) >= 11 is 0. The zero-order valence-corrected chi connectivity index (χ0v) is 4.46. The van der Waals surface area contributed by atoms with Crippen LogP contribution < -0.4 is 0 Å². The number of rotatable bonds is 3. The second kappa shape index (κ2) is 3.61. The molecule has 3 nitrogen and oxygen atoms in total. The molecule has 0 saturated carbocycles. The predicted molar refractivity (Wildman–Crippen MR) is 29.3 cm³/mol. The Morgan fingerprint density at radius 2 is 2.43 bits per heavy atom. The molecular weight excluding hydrogens is 92.1 g/mol. The maximum Gasteiger partial charge on any atom is 0.0623 e. The highest BCUT2D eigenvalue weighted by Gasteiger charge is 1.83. The smallest absolute Gasteiger partial charge is 0.0623 e. The molecule has 0 aromatic rings. The Morgan fingerprint density at radius 1 is 1.86 bits per heavy atom. The molecule has 0 unspecified atom stereocenters. The number of likely N-dealkylation sites (N-methyl/N-ethyl adjacent to an activating group) is 1. The second-order valence-electron chi connectivity index (χ2n) is 1.25. The van der Waals surface area contributed by atoms with E-state index in [9.17, 15) is 0 Å². The highest BCUT2D eigenvalue weighted by molar-refractivity contribution is 5.22. The second-order valence-corrected chi connectivity index (χ2v) is 1.25. The molecule has 0 atom stereocenters. The molecule has 7 heavy (non-hydrogen) atoms. The first-order chi connectivity index (χ1) is 3.31. The lowest BCUT2D eigenvalue weighted by Gasteiger charge is -2.07. The third kappa shape index (κ3) is 3.26. The van der Waals surface area contributed by atoms with Gasteiger partial charge in [-0.25, -0.2) is 0 Å². The quantitative estimate of drug-likeness (QED) is 0.386. The summed E-state index contributed by atoms with van der Waals surface area (Å²) in [5.41, 5.74) is 0. The fraction of sp³-hybridized carbons (Fsp3) is 0.750. The summed E-state index contributed by atoms with van der Waals surface area (Å²) in [5, 5.41) is 13.3. The minimum atomic E-state index is 0.134. The van der Waals surface area contributed by atoms with E-state index in [2.05, 4.69) is 11.8 Å². The van der Waals surface area contributed by atoms with Crippen LogP contribution in [0.5, 0.6) is 0 Å². The molecule has 1 N–H and O–H groups in total. The molecular formula is C4H10N2O. The average Bonchev–Trinajstić information content (AvgIpc) is 1.68. The van der Waals surface area contributed by atoms with Crippen molar-refractivity contribution >= 4 is 6.72 Å². The van der Waals surface area contributed by atoms with E-state index in [1.807, 2.05) is 0 Å². The molecule has 0 amide bonds. The molecule has 0 radical (unpaired) electrons. The number of hydrazone groups is 1. The van der Waals surface area contributed by atoms with E-state index in [1.54, 1.807) is 12.1 Å². The lowest BCUT2D eigenvalue weighted by atomic mass is 10.7. The van der Waals surface area contributed by atoms with Gasteiger partial charge in [0.15, 0.2) is 0 Å². The predicted octanol–water partition coefficient (Wildman–Crippen LogP) is -0.474. The third-order valence-electron chi connectivity index (χ3n) is 0.665. The molecule has 0 rings (SSSR count). The van der Waals surface area contributed by atoms with E-state index in [0.717, 1.165) is 0 Å². The van der Waals surface area contributed by atoms with Crippen molar-refractivity contribution in [2.24, 2.45) is 5.10 Å². The van der Waals surface area contributed by atoms with Crippen molar-refractivity contribution in [1.29, 1.82) is 0 Å². The number of hydrogen-bond donors (Lipinski definition) is 1. The molecule has 0 fully saturated rings. The van der Waals surface area contributed by atoms with Crippen LogP contribution in [-0.4, -0.2) is 37.0 Å². The summed E-state index contributed by atoms with van der Waals surface area (Å²) in [4.78, 5) is 0. The van der Waals surface area contributed by atoms with E-state index < -0.39 is 0 Å². The Kier molecular flexibility index (Phi) is 3.32. The van der Waals surface area contributed by atoms with E-state index in [0.29, 0.717) is 6.54 Å². The van der Waals surface area contributed by atoms with Crippen LogP contribution in [-0.2, 0) is 0 Å². The summed E-state index contributed by atoms with van der Waals surface area (Å²) in [5.74, 6) is 0. The Labute approximate surface area is 43.3 Å². The minimum Gasteiger partial charge on any atom is -0.394 e. The van der Waals surface area contributed by atoms with Gasteiger partial charge in [0.25, 0.3) is 0 Å². The molecule has 0 aromatic heterocycles. The minimum absolute atomic E-state index is 0.134. The highest BCUT2D eigenvalue weighted by atomic mass is 16.3. The Bertz CT molecular complexity index is 55.7. The molecule has 0 aliphatic carbocycles. The molecule has 0 aliphatic rings. The normalized spacial score (nSPS) is 8.29. The van der Waals surface area contributed by atoms with Crippen LogP contribution in [0.2, 0.25) is 0 Å². The topological polar surface area (TPSA) is 35.8 Å². The van der Waals surface area contributed by atoms with Gasteiger partial charge in [0, 0.05) is 13.8 Å². The van der Waals surface area contributed by atoms with Crippen LogP contribution in [0.15, 0.2) is 5.10 Å². The van der Waals surface area contributed by atoms with Crippen molar-refractivity contribution in [2.75, 3.05) is 20.2 Å². The maximum absolute atomic E-state index is 8.24. The van der Waals surface area contributed by atoms with Crippen LogP contribution in [0.3, 0.4) is 0 Å². The van der Waals surface area contributed by atoms with Crippen LogP contribution in [0.4, 0.5) is 0 Å². The van der Waals surface area contributed by atoms with Gasteiger partial charge in [-0.15, -0.1) is 0 Å². The molecule has 0 aromatic carbocycles. The first kappa shape index (κ1) is 6.43. The van der Waals surface area contributed by atoms with E-state index in [1.165, 1.54) is 0 Å². The Morgan fingerprint density at radius 3 is 2.57 bits per heavy atom. The Balaban J connectivity index is 2.98. The summed E-state index contributed by atoms with van der Waals surface area (Å²) < 4.78 is 0. The zero-order valence-electron chi connectivity index (χ0n) is 4.46. The van der Waals surface area contributed by atoms with E-state index in [4.69, 9.17) is 5.11 Å². The molecule has 3 heteroatoms. The van der Waals surface area contributed by atoms with Gasteiger partial charge in [-0.3, -0.25) is 5.01 Å². The monoisotopic (exact) mass is 102 g/mol. The average molecular weight is 102 g/mol. The molecule has 0 aliphatic heterocycles. The van der Waals surface area contributed by atoms with E-state index in [-0.39, 0.29) is 6.61 Å². The van der Waals surface area contributed by atoms with Crippen molar-refractivity contribution in [1.82, 2.24) is 5.01 Å². The first-order valence-electron chi connectivity index (χ1n) is 2.10. The molecule has 0 spiro atoms. The number of nitrogens with zero attached hydrogens (tertiary/aromatic N) is 2. The lowest BCUT2D eigenvalue weighted by molar-refractivity contribution is 0.227. The maximum atomic E-state index is 8.24. The highest BCUT2D eigenvalue weighted by Crippen LogP contribution is 1.75. The lowest BCUT2D eigenvalue weighted by Crippen LogP contribution is -2.14. The number of hydrogen-bond acceptors (Lipinski definition) is 3. The van der Waals surface area contributed by atoms with Crippen LogP contribution in [0.1, 0.15) is 0 Å². The van der Waals surface area contributed by atoms with Crippen LogP contribution in [0, 0.1) is 0 Å². The fourth-order valence-corrected chi connectivity index (χ4v) is 0.215. The largest absolute Gasteiger partial charge is 0.394 e. The summed E-state index contributed by atoms with van der Waals surface area (Å²) in [7, 11) is 1.75. The summed E-state index contributed by atoms with van der Waals surface area (Å²) in [6.07, 6.45) is 0. The summed E-state index contributed by atoms with van der Waals surface area (Å²) in [6, 6.07) is 0. The molecule has 42 valence electrons. The van der Waals surface area contributed by atoms with Crippen LogP contribution in [0.25, 0.3) is 0 Å². The van der Waals surface area contributed by atoms with Gasteiger partial charge in [-0.05, 0) is 0 Å². The zero-order chi connectivity index (χ0) is 5.70. The molecule has 0 heterocycles. The van der Waals surface area contributed by atoms with Gasteiger partial charge in [-0.1, -0.05) is 0 Å². The molecule has 0 bridgehead atoms. The molecule has 0 saturated heterocycles. The first-order valence-corrected chi connectivity index (χ1v) is 2.10. The number of aliphatic hydroxyl groups is 1. The van der Waals surface area contributed by atoms with Crippen molar-refractivity contribution in [2.45, 2.75) is 0 Å².